The molecule has 56 heavy (non-hydrogen) atoms. The van der Waals surface area contributed by atoms with Gasteiger partial charge in [-0.25, -0.2) is 0 Å². The number of anilines is 3. The summed E-state index contributed by atoms with van der Waals surface area (Å²) in [4.78, 5) is 6.67. The third-order valence-corrected chi connectivity index (χ3v) is 11.9. The molecule has 0 spiro atoms. The minimum absolute atomic E-state index is 0.122. The minimum atomic E-state index is -0.122. The van der Waals surface area contributed by atoms with Crippen LogP contribution in [0.5, 0.6) is 0 Å². The van der Waals surface area contributed by atoms with E-state index in [2.05, 4.69) is 215 Å². The summed E-state index contributed by atoms with van der Waals surface area (Å²) in [6.07, 6.45) is 5.91. The molecule has 4 heteroatoms. The number of hydrogen-bond acceptors (Lipinski definition) is 2. The van der Waals surface area contributed by atoms with Gasteiger partial charge in [0.25, 0.3) is 0 Å². The van der Waals surface area contributed by atoms with Crippen LogP contribution in [0.1, 0.15) is 25.0 Å². The summed E-state index contributed by atoms with van der Waals surface area (Å²) in [6, 6.07) is 64.2. The fraction of sp³-hybridized carbons (Fsp3) is 0.0577. The second kappa shape index (κ2) is 12.4. The molecular weight excluding hydrogens is 681 g/mol. The average Bonchev–Trinajstić information content (AvgIpc) is 3.90. The zero-order valence-corrected chi connectivity index (χ0v) is 31.3. The van der Waals surface area contributed by atoms with Gasteiger partial charge in [-0.3, -0.25) is 4.98 Å². The Morgan fingerprint density at radius 3 is 1.86 bits per heavy atom. The van der Waals surface area contributed by atoms with E-state index in [1.165, 1.54) is 55.0 Å². The van der Waals surface area contributed by atoms with Gasteiger partial charge in [0.05, 0.1) is 16.6 Å². The summed E-state index contributed by atoms with van der Waals surface area (Å²) in [5, 5.41) is 3.69. The quantitative estimate of drug-likeness (QED) is 0.171. The molecule has 0 N–H and O–H groups in total. The van der Waals surface area contributed by atoms with Gasteiger partial charge in [-0.15, -0.1) is 0 Å². The van der Waals surface area contributed by atoms with Crippen molar-refractivity contribution >= 4 is 49.8 Å². The molecule has 4 nitrogen and oxygen atoms in total. The average molecular weight is 719 g/mol. The van der Waals surface area contributed by atoms with Gasteiger partial charge in [0, 0.05) is 68.6 Å². The van der Waals surface area contributed by atoms with Crippen molar-refractivity contribution in [2.75, 3.05) is 4.90 Å². The van der Waals surface area contributed by atoms with Gasteiger partial charge >= 0.3 is 0 Å². The smallest absolute Gasteiger partial charge is 0.0548 e. The molecule has 0 saturated carbocycles. The van der Waals surface area contributed by atoms with Crippen molar-refractivity contribution in [2.45, 2.75) is 19.3 Å². The van der Waals surface area contributed by atoms with Crippen molar-refractivity contribution in [1.82, 2.24) is 14.1 Å². The van der Waals surface area contributed by atoms with E-state index in [0.717, 1.165) is 39.6 Å². The minimum Gasteiger partial charge on any atom is -0.317 e. The summed E-state index contributed by atoms with van der Waals surface area (Å²) >= 11 is 0. The zero-order chi connectivity index (χ0) is 37.4. The van der Waals surface area contributed by atoms with Gasteiger partial charge in [0.15, 0.2) is 0 Å². The van der Waals surface area contributed by atoms with E-state index >= 15 is 0 Å². The molecule has 0 amide bonds. The number of para-hydroxylation sites is 2. The summed E-state index contributed by atoms with van der Waals surface area (Å²) in [5.74, 6) is 0. The van der Waals surface area contributed by atoms with Crippen molar-refractivity contribution < 1.29 is 0 Å². The molecule has 0 bridgehead atoms. The first-order valence-electron chi connectivity index (χ1n) is 19.3. The van der Waals surface area contributed by atoms with Crippen LogP contribution < -0.4 is 4.90 Å². The fourth-order valence-electron chi connectivity index (χ4n) is 9.16. The second-order valence-corrected chi connectivity index (χ2v) is 15.3. The van der Waals surface area contributed by atoms with E-state index < -0.39 is 0 Å². The van der Waals surface area contributed by atoms with Gasteiger partial charge in [0.2, 0.25) is 0 Å². The maximum atomic E-state index is 4.24. The lowest BCUT2D eigenvalue weighted by Crippen LogP contribution is -2.16. The first-order valence-corrected chi connectivity index (χ1v) is 19.3. The van der Waals surface area contributed by atoms with E-state index in [4.69, 9.17) is 0 Å². The molecule has 10 aromatic rings. The molecule has 7 aromatic carbocycles. The number of hydrogen-bond donors (Lipinski definition) is 0. The lowest BCUT2D eigenvalue weighted by molar-refractivity contribution is 0.660. The van der Waals surface area contributed by atoms with E-state index in [-0.39, 0.29) is 5.41 Å². The van der Waals surface area contributed by atoms with Crippen LogP contribution in [0.4, 0.5) is 17.1 Å². The Hall–Kier alpha value is -7.17. The van der Waals surface area contributed by atoms with Crippen molar-refractivity contribution in [3.8, 4) is 33.6 Å². The molecular formula is C52H38N4. The molecule has 11 rings (SSSR count). The van der Waals surface area contributed by atoms with E-state index in [1.54, 1.807) is 0 Å². The number of pyridine rings is 1. The van der Waals surface area contributed by atoms with Crippen LogP contribution in [0, 0.1) is 0 Å². The molecule has 0 aliphatic heterocycles. The lowest BCUT2D eigenvalue weighted by atomic mass is 9.82. The summed E-state index contributed by atoms with van der Waals surface area (Å²) in [6.45, 7) is 4.71. The van der Waals surface area contributed by atoms with Crippen LogP contribution in [0.2, 0.25) is 0 Å². The number of aromatic nitrogens is 3. The highest BCUT2D eigenvalue weighted by molar-refractivity contribution is 6.22. The molecule has 266 valence electrons. The van der Waals surface area contributed by atoms with Crippen molar-refractivity contribution in [3.63, 3.8) is 0 Å². The van der Waals surface area contributed by atoms with Crippen molar-refractivity contribution in [3.05, 3.63) is 206 Å². The lowest BCUT2D eigenvalue weighted by Gasteiger charge is -2.28. The van der Waals surface area contributed by atoms with Crippen LogP contribution in [0.25, 0.3) is 66.3 Å². The number of fused-ring (bicyclic) bond motifs is 8. The third kappa shape index (κ3) is 4.89. The maximum absolute atomic E-state index is 4.24. The third-order valence-electron chi connectivity index (χ3n) is 11.9. The fourth-order valence-corrected chi connectivity index (χ4v) is 9.16. The van der Waals surface area contributed by atoms with Gasteiger partial charge < -0.3 is 14.0 Å². The summed E-state index contributed by atoms with van der Waals surface area (Å²) < 4.78 is 4.71. The summed E-state index contributed by atoms with van der Waals surface area (Å²) in [7, 11) is 0. The van der Waals surface area contributed by atoms with Gasteiger partial charge in [-0.05, 0) is 130 Å². The highest BCUT2D eigenvalue weighted by Gasteiger charge is 2.35. The predicted molar refractivity (Wildman–Crippen MR) is 233 cm³/mol. The Labute approximate surface area is 326 Å². The Balaban J connectivity index is 1.16. The van der Waals surface area contributed by atoms with Gasteiger partial charge in [-0.1, -0.05) is 92.7 Å². The maximum Gasteiger partial charge on any atom is 0.0548 e. The van der Waals surface area contributed by atoms with Crippen molar-refractivity contribution in [1.29, 1.82) is 0 Å². The second-order valence-electron chi connectivity index (χ2n) is 15.3. The Bertz CT molecular complexity index is 3080. The van der Waals surface area contributed by atoms with E-state index in [1.807, 2.05) is 12.4 Å². The molecule has 1 aliphatic rings. The molecule has 3 aromatic heterocycles. The monoisotopic (exact) mass is 718 g/mol. The normalized spacial score (nSPS) is 13.0. The largest absolute Gasteiger partial charge is 0.317 e. The number of nitrogens with zero attached hydrogens (tertiary/aromatic N) is 4. The number of benzene rings is 7. The van der Waals surface area contributed by atoms with Crippen LogP contribution >= 0.6 is 0 Å². The van der Waals surface area contributed by atoms with Crippen LogP contribution in [-0.2, 0) is 5.41 Å². The van der Waals surface area contributed by atoms with E-state index in [9.17, 15) is 0 Å². The molecule has 0 fully saturated rings. The van der Waals surface area contributed by atoms with Gasteiger partial charge in [0.1, 0.15) is 0 Å². The highest BCUT2D eigenvalue weighted by Crippen LogP contribution is 2.51. The molecule has 0 radical (unpaired) electrons. The predicted octanol–water partition coefficient (Wildman–Crippen LogP) is 13.6. The topological polar surface area (TPSA) is 26.0 Å². The first kappa shape index (κ1) is 32.3. The standard InChI is InChI=1S/C52H38N4/c1-52(2)46-16-10-9-15-42(46)43-23-21-41(34-47(43)52)55(39-19-17-35(18-20-39)36-27-30-53-31-28-36)40-22-24-49-45(33-40)51-44-29-32-54(37-11-5-3-6-12-37)48(44)25-26-50(51)56(49)38-13-7-4-8-14-38/h3-34H,1-2H3. The Morgan fingerprint density at radius 1 is 0.464 bits per heavy atom. The molecule has 1 aliphatic carbocycles. The van der Waals surface area contributed by atoms with Crippen LogP contribution in [0.15, 0.2) is 195 Å². The van der Waals surface area contributed by atoms with Crippen LogP contribution in [0.3, 0.4) is 0 Å². The van der Waals surface area contributed by atoms with Crippen LogP contribution in [-0.4, -0.2) is 14.1 Å². The Morgan fingerprint density at radius 2 is 1.07 bits per heavy atom. The highest BCUT2D eigenvalue weighted by atomic mass is 15.1. The SMILES string of the molecule is CC1(C)c2ccccc2-c2ccc(N(c3ccc(-c4ccncc4)cc3)c3ccc4c(c3)c3c5ccn(-c6ccccc6)c5ccc3n4-c3ccccc3)cc21. The van der Waals surface area contributed by atoms with Crippen molar-refractivity contribution in [2.24, 2.45) is 0 Å². The Kier molecular flexibility index (Phi) is 7.17. The van der Waals surface area contributed by atoms with Gasteiger partial charge in [-0.2, -0.15) is 0 Å². The summed E-state index contributed by atoms with van der Waals surface area (Å²) in [5.41, 5.74) is 16.7. The molecule has 3 heterocycles. The molecule has 0 unspecified atom stereocenters. The first-order chi connectivity index (χ1) is 27.5. The molecule has 0 atom stereocenters. The van der Waals surface area contributed by atoms with E-state index in [0.29, 0.717) is 0 Å². The number of rotatable bonds is 6. The zero-order valence-electron chi connectivity index (χ0n) is 31.3. The molecule has 0 saturated heterocycles.